The highest BCUT2D eigenvalue weighted by Gasteiger charge is 2.33. The van der Waals surface area contributed by atoms with Crippen molar-refractivity contribution in [1.29, 1.82) is 0 Å². The Morgan fingerprint density at radius 1 is 1.33 bits per heavy atom. The Balaban J connectivity index is 1.75. The summed E-state index contributed by atoms with van der Waals surface area (Å²) >= 11 is 1.72. The molecule has 30 heavy (non-hydrogen) atoms. The molecule has 2 aromatic rings. The van der Waals surface area contributed by atoms with Crippen LogP contribution in [0.3, 0.4) is 0 Å². The first-order valence-electron chi connectivity index (χ1n) is 10.2. The number of urea groups is 1. The maximum Gasteiger partial charge on any atom is 0.318 e. The first-order chi connectivity index (χ1) is 14.5. The monoisotopic (exact) mass is 427 g/mol. The van der Waals surface area contributed by atoms with Crippen LogP contribution in [0, 0.1) is 6.92 Å². The summed E-state index contributed by atoms with van der Waals surface area (Å²) < 4.78 is 6.05. The first kappa shape index (κ1) is 21.9. The molecule has 0 unspecified atom stereocenters. The lowest BCUT2D eigenvalue weighted by atomic mass is 10.0. The van der Waals surface area contributed by atoms with Gasteiger partial charge in [-0.05, 0) is 49.4 Å². The van der Waals surface area contributed by atoms with E-state index in [0.29, 0.717) is 26.2 Å². The fraction of sp³-hybridized carbons (Fsp3) is 0.391. The fourth-order valence-corrected chi connectivity index (χ4v) is 4.50. The molecule has 7 heteroatoms. The van der Waals surface area contributed by atoms with Crippen LogP contribution in [0.2, 0.25) is 0 Å². The molecule has 160 valence electrons. The van der Waals surface area contributed by atoms with E-state index in [2.05, 4.69) is 23.3 Å². The second kappa shape index (κ2) is 10.3. The first-order valence-corrected chi connectivity index (χ1v) is 11.1. The van der Waals surface area contributed by atoms with E-state index in [0.717, 1.165) is 17.7 Å². The molecule has 0 spiro atoms. The molecule has 0 saturated heterocycles. The third-order valence-electron chi connectivity index (χ3n) is 5.13. The number of carbonyl (C=O) groups is 2. The molecule has 1 N–H and O–H groups in total. The summed E-state index contributed by atoms with van der Waals surface area (Å²) in [6.07, 6.45) is 2.45. The van der Waals surface area contributed by atoms with Gasteiger partial charge in [-0.15, -0.1) is 17.9 Å². The molecule has 0 saturated carbocycles. The highest BCUT2D eigenvalue weighted by Crippen LogP contribution is 2.34. The number of nitrogens with one attached hydrogen (secondary N) is 1. The summed E-state index contributed by atoms with van der Waals surface area (Å²) in [7, 11) is 0. The van der Waals surface area contributed by atoms with Gasteiger partial charge in [-0.2, -0.15) is 0 Å². The van der Waals surface area contributed by atoms with Crippen LogP contribution in [0.5, 0.6) is 5.75 Å². The van der Waals surface area contributed by atoms with Crippen molar-refractivity contribution < 1.29 is 14.3 Å². The van der Waals surface area contributed by atoms with Crippen LogP contribution < -0.4 is 10.1 Å². The smallest absolute Gasteiger partial charge is 0.318 e. The zero-order valence-corrected chi connectivity index (χ0v) is 18.4. The van der Waals surface area contributed by atoms with E-state index >= 15 is 0 Å². The van der Waals surface area contributed by atoms with Gasteiger partial charge in [-0.1, -0.05) is 23.8 Å². The van der Waals surface area contributed by atoms with Crippen LogP contribution in [-0.2, 0) is 11.2 Å². The van der Waals surface area contributed by atoms with Crippen molar-refractivity contribution in [3.8, 4) is 5.75 Å². The molecule has 1 atom stereocenters. The third-order valence-corrected chi connectivity index (χ3v) is 6.13. The molecular formula is C23H29N3O3S. The van der Waals surface area contributed by atoms with Crippen molar-refractivity contribution in [2.45, 2.75) is 26.3 Å². The van der Waals surface area contributed by atoms with Gasteiger partial charge < -0.3 is 19.9 Å². The van der Waals surface area contributed by atoms with Crippen LogP contribution in [0.4, 0.5) is 4.79 Å². The summed E-state index contributed by atoms with van der Waals surface area (Å²) in [6, 6.07) is 9.55. The Morgan fingerprint density at radius 2 is 2.10 bits per heavy atom. The van der Waals surface area contributed by atoms with Crippen molar-refractivity contribution in [2.24, 2.45) is 0 Å². The van der Waals surface area contributed by atoms with Gasteiger partial charge in [0, 0.05) is 24.5 Å². The number of amides is 3. The van der Waals surface area contributed by atoms with Gasteiger partial charge in [0.15, 0.2) is 0 Å². The molecular weight excluding hydrogens is 398 g/mol. The lowest BCUT2D eigenvalue weighted by Crippen LogP contribution is -2.49. The topological polar surface area (TPSA) is 61.9 Å². The molecule has 0 radical (unpaired) electrons. The molecule has 0 fully saturated rings. The van der Waals surface area contributed by atoms with E-state index in [1.807, 2.05) is 43.0 Å². The molecule has 0 aliphatic carbocycles. The van der Waals surface area contributed by atoms with Gasteiger partial charge in [0.25, 0.3) is 0 Å². The highest BCUT2D eigenvalue weighted by molar-refractivity contribution is 7.10. The second-order valence-electron chi connectivity index (χ2n) is 7.28. The predicted octanol–water partition coefficient (Wildman–Crippen LogP) is 3.78. The Labute approximate surface area is 182 Å². The second-order valence-corrected chi connectivity index (χ2v) is 8.28. The summed E-state index contributed by atoms with van der Waals surface area (Å²) in [4.78, 5) is 30.1. The average molecular weight is 428 g/mol. The van der Waals surface area contributed by atoms with Crippen molar-refractivity contribution in [1.82, 2.24) is 15.1 Å². The Morgan fingerprint density at radius 3 is 2.80 bits per heavy atom. The van der Waals surface area contributed by atoms with Gasteiger partial charge in [0.2, 0.25) is 5.91 Å². The number of fused-ring (bicyclic) bond motifs is 1. The molecule has 3 amide bonds. The van der Waals surface area contributed by atoms with E-state index in [1.165, 1.54) is 15.3 Å². The van der Waals surface area contributed by atoms with Crippen LogP contribution in [0.1, 0.15) is 29.0 Å². The van der Waals surface area contributed by atoms with Gasteiger partial charge in [-0.25, -0.2) is 4.79 Å². The fourth-order valence-electron chi connectivity index (χ4n) is 3.58. The normalized spacial score (nSPS) is 15.3. The predicted molar refractivity (Wildman–Crippen MR) is 120 cm³/mol. The van der Waals surface area contributed by atoms with Crippen LogP contribution >= 0.6 is 11.3 Å². The van der Waals surface area contributed by atoms with Crippen molar-refractivity contribution in [3.63, 3.8) is 0 Å². The number of nitrogens with zero attached hydrogens (tertiary/aromatic N) is 2. The van der Waals surface area contributed by atoms with Gasteiger partial charge in [-0.3, -0.25) is 4.79 Å². The maximum atomic E-state index is 13.2. The Kier molecular flexibility index (Phi) is 7.52. The molecule has 3 rings (SSSR count). The van der Waals surface area contributed by atoms with E-state index in [4.69, 9.17) is 4.74 Å². The zero-order valence-electron chi connectivity index (χ0n) is 17.6. The highest BCUT2D eigenvalue weighted by atomic mass is 32.1. The van der Waals surface area contributed by atoms with Crippen LogP contribution in [0.15, 0.2) is 48.4 Å². The number of benzene rings is 1. The third kappa shape index (κ3) is 5.21. The molecule has 0 bridgehead atoms. The van der Waals surface area contributed by atoms with Crippen molar-refractivity contribution in [3.05, 3.63) is 64.4 Å². The summed E-state index contributed by atoms with van der Waals surface area (Å²) in [5, 5.41) is 4.82. The van der Waals surface area contributed by atoms with Crippen LogP contribution in [-0.4, -0.2) is 54.5 Å². The lowest BCUT2D eigenvalue weighted by Gasteiger charge is -2.37. The van der Waals surface area contributed by atoms with Crippen LogP contribution in [0.25, 0.3) is 0 Å². The maximum absolute atomic E-state index is 13.2. The zero-order chi connectivity index (χ0) is 21.5. The molecule has 1 aromatic heterocycles. The molecule has 2 heterocycles. The minimum Gasteiger partial charge on any atom is -0.491 e. The number of aryl methyl sites for hydroxylation is 1. The Bertz CT molecular complexity index is 878. The average Bonchev–Trinajstić information content (AvgIpc) is 3.22. The van der Waals surface area contributed by atoms with Gasteiger partial charge >= 0.3 is 6.03 Å². The summed E-state index contributed by atoms with van der Waals surface area (Å²) in [5.41, 5.74) is 2.31. The number of hydrogen-bond donors (Lipinski definition) is 1. The summed E-state index contributed by atoms with van der Waals surface area (Å²) in [5.74, 6) is 0.698. The van der Waals surface area contributed by atoms with Crippen molar-refractivity contribution >= 4 is 23.3 Å². The van der Waals surface area contributed by atoms with Gasteiger partial charge in [0.1, 0.15) is 18.9 Å². The Hall–Kier alpha value is -2.80. The minimum atomic E-state index is -0.258. The lowest BCUT2D eigenvalue weighted by molar-refractivity contribution is -0.135. The van der Waals surface area contributed by atoms with E-state index in [1.54, 1.807) is 17.4 Å². The number of thiophene rings is 1. The molecule has 6 nitrogen and oxygen atoms in total. The molecule has 1 aliphatic rings. The number of hydrogen-bond acceptors (Lipinski definition) is 4. The van der Waals surface area contributed by atoms with E-state index in [-0.39, 0.29) is 24.5 Å². The SMILES string of the molecule is C=CCN(CC(=O)N1CCc2sccc2[C@H]1COc1ccc(C)cc1)C(=O)NCC. The van der Waals surface area contributed by atoms with Gasteiger partial charge in [0.05, 0.1) is 6.04 Å². The minimum absolute atomic E-state index is 0.0123. The number of ether oxygens (including phenoxy) is 1. The standard InChI is InChI=1S/C23H29N3O3S/c1-4-12-25(23(28)24-5-2)15-22(27)26-13-10-21-19(11-14-30-21)20(26)16-29-18-8-6-17(3)7-9-18/h4,6-9,11,14,20H,1,5,10,12-13,15-16H2,2-3H3,(H,24,28)/t20-/m1/s1. The van der Waals surface area contributed by atoms with E-state index < -0.39 is 0 Å². The number of carbonyl (C=O) groups excluding carboxylic acids is 2. The number of rotatable bonds is 8. The quantitative estimate of drug-likeness (QED) is 0.652. The largest absolute Gasteiger partial charge is 0.491 e. The summed E-state index contributed by atoms with van der Waals surface area (Å²) in [6.45, 7) is 9.43. The van der Waals surface area contributed by atoms with E-state index in [9.17, 15) is 9.59 Å². The molecule has 1 aliphatic heterocycles. The molecule has 1 aromatic carbocycles. The van der Waals surface area contributed by atoms with Crippen molar-refractivity contribution in [2.75, 3.05) is 32.8 Å².